The Morgan fingerprint density at radius 2 is 2.06 bits per heavy atom. The lowest BCUT2D eigenvalue weighted by atomic mass is 9.80. The van der Waals surface area contributed by atoms with Gasteiger partial charge < -0.3 is 14.4 Å². The lowest BCUT2D eigenvalue weighted by molar-refractivity contribution is -0.148. The fourth-order valence-electron chi connectivity index (χ4n) is 6.47. The first-order valence-corrected chi connectivity index (χ1v) is 12.9. The summed E-state index contributed by atoms with van der Waals surface area (Å²) in [6.45, 7) is 5.13. The second-order valence-electron chi connectivity index (χ2n) is 10.5. The van der Waals surface area contributed by atoms with Crippen molar-refractivity contribution in [2.24, 2.45) is 5.41 Å². The maximum atomic E-state index is 14.3. The zero-order valence-corrected chi connectivity index (χ0v) is 20.7. The molecule has 1 aliphatic carbocycles. The van der Waals surface area contributed by atoms with Gasteiger partial charge in [-0.05, 0) is 81.2 Å². The lowest BCUT2D eigenvalue weighted by Crippen LogP contribution is -2.27. The van der Waals surface area contributed by atoms with Crippen LogP contribution in [-0.4, -0.2) is 44.0 Å². The summed E-state index contributed by atoms with van der Waals surface area (Å²) in [5.41, 5.74) is 5.65. The first-order valence-electron chi connectivity index (χ1n) is 12.9. The number of aromatic nitrogens is 4. The van der Waals surface area contributed by atoms with Crippen LogP contribution in [0.4, 0.5) is 4.39 Å². The molecule has 2 aliphatic rings. The molecule has 2 fully saturated rings. The summed E-state index contributed by atoms with van der Waals surface area (Å²) in [6.07, 6.45) is 6.20. The molecule has 1 aromatic carbocycles. The first kappa shape index (κ1) is 23.2. The molecule has 0 unspecified atom stereocenters. The molecular weight excluding hydrogens is 459 g/mol. The molecular formula is C28H31FN4O3. The van der Waals surface area contributed by atoms with Gasteiger partial charge in [-0.25, -0.2) is 9.37 Å². The topological polar surface area (TPSA) is 93.0 Å². The van der Waals surface area contributed by atoms with Crippen LogP contribution in [0.1, 0.15) is 74.1 Å². The van der Waals surface area contributed by atoms with Crippen molar-refractivity contribution in [1.29, 1.82) is 0 Å². The number of carboxylic acid groups (broad SMARTS) is 1. The number of aryl methyl sites for hydroxylation is 1. The van der Waals surface area contributed by atoms with E-state index in [0.29, 0.717) is 43.7 Å². The van der Waals surface area contributed by atoms with Gasteiger partial charge in [-0.3, -0.25) is 9.89 Å². The molecule has 8 heteroatoms. The number of aliphatic carboxylic acids is 1. The van der Waals surface area contributed by atoms with E-state index in [1.807, 2.05) is 19.1 Å². The van der Waals surface area contributed by atoms with Crippen LogP contribution >= 0.6 is 0 Å². The Bertz CT molecular complexity index is 1470. The molecule has 0 spiro atoms. The van der Waals surface area contributed by atoms with Gasteiger partial charge in [0.25, 0.3) is 0 Å². The van der Waals surface area contributed by atoms with E-state index >= 15 is 0 Å². The Morgan fingerprint density at radius 1 is 1.25 bits per heavy atom. The van der Waals surface area contributed by atoms with E-state index in [1.54, 1.807) is 13.1 Å². The maximum absolute atomic E-state index is 14.3. The highest BCUT2D eigenvalue weighted by Crippen LogP contribution is 2.53. The molecule has 36 heavy (non-hydrogen) atoms. The average molecular weight is 491 g/mol. The second-order valence-corrected chi connectivity index (χ2v) is 10.5. The number of benzene rings is 1. The van der Waals surface area contributed by atoms with Crippen LogP contribution in [0.3, 0.4) is 0 Å². The Hall–Kier alpha value is -3.26. The van der Waals surface area contributed by atoms with Gasteiger partial charge in [0.05, 0.1) is 22.6 Å². The number of carbonyl (C=O) groups is 1. The molecule has 2 atom stereocenters. The van der Waals surface area contributed by atoms with Crippen LogP contribution in [0.2, 0.25) is 0 Å². The van der Waals surface area contributed by atoms with E-state index in [9.17, 15) is 14.3 Å². The highest BCUT2D eigenvalue weighted by atomic mass is 19.1. The van der Waals surface area contributed by atoms with Gasteiger partial charge in [0, 0.05) is 41.5 Å². The molecule has 4 heterocycles. The minimum absolute atomic E-state index is 0.0806. The maximum Gasteiger partial charge on any atom is 0.309 e. The predicted molar refractivity (Wildman–Crippen MR) is 135 cm³/mol. The van der Waals surface area contributed by atoms with Crippen LogP contribution in [0, 0.1) is 18.2 Å². The predicted octanol–water partition coefficient (Wildman–Crippen LogP) is 5.99. The van der Waals surface area contributed by atoms with Gasteiger partial charge in [0.2, 0.25) is 0 Å². The molecule has 0 amide bonds. The number of hydrogen-bond donors (Lipinski definition) is 2. The summed E-state index contributed by atoms with van der Waals surface area (Å²) in [7, 11) is 0. The number of fused-ring (bicyclic) bond motifs is 2. The van der Waals surface area contributed by atoms with Crippen LogP contribution in [-0.2, 0) is 9.53 Å². The van der Waals surface area contributed by atoms with Gasteiger partial charge in [0.1, 0.15) is 5.82 Å². The van der Waals surface area contributed by atoms with Crippen molar-refractivity contribution >= 4 is 28.0 Å². The summed E-state index contributed by atoms with van der Waals surface area (Å²) in [5.74, 6) is -0.617. The van der Waals surface area contributed by atoms with E-state index in [1.165, 1.54) is 11.8 Å². The third kappa shape index (κ3) is 3.53. The Balaban J connectivity index is 1.66. The molecule has 1 saturated carbocycles. The zero-order valence-electron chi connectivity index (χ0n) is 20.7. The molecule has 1 saturated heterocycles. The van der Waals surface area contributed by atoms with E-state index in [2.05, 4.69) is 20.8 Å². The minimum atomic E-state index is -0.712. The van der Waals surface area contributed by atoms with Crippen molar-refractivity contribution in [3.05, 3.63) is 53.1 Å². The number of hydrogen-bond acceptors (Lipinski definition) is 4. The van der Waals surface area contributed by atoms with Crippen molar-refractivity contribution < 1.29 is 19.0 Å². The van der Waals surface area contributed by atoms with Gasteiger partial charge in [0.15, 0.2) is 5.65 Å². The summed E-state index contributed by atoms with van der Waals surface area (Å²) in [4.78, 5) is 17.4. The minimum Gasteiger partial charge on any atom is -0.481 e. The van der Waals surface area contributed by atoms with Gasteiger partial charge in [-0.1, -0.05) is 6.92 Å². The third-order valence-corrected chi connectivity index (χ3v) is 8.57. The molecule has 0 bridgehead atoms. The SMILES string of the molecule is CC[C@@]1(C(=O)O)CC[C@@H](c2c(C3CCOCC3)n(-c3ccc(F)c(C)c3)c3cc4cn[nH]c4nc23)C1. The smallest absolute Gasteiger partial charge is 0.309 e. The molecule has 3 aromatic heterocycles. The van der Waals surface area contributed by atoms with Crippen LogP contribution in [0.5, 0.6) is 0 Å². The zero-order chi connectivity index (χ0) is 25.0. The van der Waals surface area contributed by atoms with E-state index in [0.717, 1.165) is 46.9 Å². The highest BCUT2D eigenvalue weighted by molar-refractivity contribution is 5.94. The summed E-state index contributed by atoms with van der Waals surface area (Å²) >= 11 is 0. The molecule has 6 rings (SSSR count). The van der Waals surface area contributed by atoms with Crippen molar-refractivity contribution in [3.63, 3.8) is 0 Å². The number of aromatic amines is 1. The molecule has 7 nitrogen and oxygen atoms in total. The summed E-state index contributed by atoms with van der Waals surface area (Å²) < 4.78 is 22.3. The van der Waals surface area contributed by atoms with Crippen molar-refractivity contribution in [3.8, 4) is 5.69 Å². The molecule has 188 valence electrons. The van der Waals surface area contributed by atoms with Crippen LogP contribution in [0.25, 0.3) is 27.8 Å². The normalized spacial score (nSPS) is 23.1. The van der Waals surface area contributed by atoms with Gasteiger partial charge in [-0.15, -0.1) is 0 Å². The monoisotopic (exact) mass is 490 g/mol. The standard InChI is InChI=1S/C28H31FN4O3/c1-3-28(27(34)35)9-6-18(14-28)23-24-22(13-19-15-30-32-26(19)31-24)33(20-4-5-21(29)16(2)12-20)25(23)17-7-10-36-11-8-17/h4-5,12-13,15,17-18H,3,6-11,14H2,1-2H3,(H,34,35)(H,30,31,32)/t18-,28-/m1/s1. The van der Waals surface area contributed by atoms with E-state index in [-0.39, 0.29) is 17.7 Å². The summed E-state index contributed by atoms with van der Waals surface area (Å²) in [5, 5.41) is 18.2. The number of nitrogens with one attached hydrogen (secondary N) is 1. The number of H-pyrrole nitrogens is 1. The number of rotatable bonds is 5. The average Bonchev–Trinajstić information content (AvgIpc) is 3.60. The number of ether oxygens (including phenoxy) is 1. The van der Waals surface area contributed by atoms with Crippen LogP contribution < -0.4 is 0 Å². The van der Waals surface area contributed by atoms with Crippen molar-refractivity contribution in [2.75, 3.05) is 13.2 Å². The first-order chi connectivity index (χ1) is 17.4. The summed E-state index contributed by atoms with van der Waals surface area (Å²) in [6, 6.07) is 7.35. The number of pyridine rings is 1. The van der Waals surface area contributed by atoms with E-state index in [4.69, 9.17) is 9.72 Å². The van der Waals surface area contributed by atoms with Gasteiger partial charge in [-0.2, -0.15) is 5.10 Å². The van der Waals surface area contributed by atoms with E-state index < -0.39 is 11.4 Å². The molecule has 0 radical (unpaired) electrons. The lowest BCUT2D eigenvalue weighted by Gasteiger charge is -2.27. The third-order valence-electron chi connectivity index (χ3n) is 8.57. The van der Waals surface area contributed by atoms with Crippen molar-refractivity contribution in [2.45, 2.75) is 64.2 Å². The fraction of sp³-hybridized carbons (Fsp3) is 0.464. The highest BCUT2D eigenvalue weighted by Gasteiger charge is 2.46. The quantitative estimate of drug-likeness (QED) is 0.358. The molecule has 2 N–H and O–H groups in total. The molecule has 1 aliphatic heterocycles. The van der Waals surface area contributed by atoms with Gasteiger partial charge >= 0.3 is 5.97 Å². The Kier molecular flexibility index (Phi) is 5.59. The van der Waals surface area contributed by atoms with Crippen LogP contribution in [0.15, 0.2) is 30.5 Å². The fourth-order valence-corrected chi connectivity index (χ4v) is 6.47. The number of carboxylic acids is 1. The van der Waals surface area contributed by atoms with Crippen molar-refractivity contribution in [1.82, 2.24) is 19.7 Å². The number of halogens is 1. The Labute approximate surface area is 208 Å². The largest absolute Gasteiger partial charge is 0.481 e. The number of nitrogens with zero attached hydrogens (tertiary/aromatic N) is 3. The second kappa shape index (κ2) is 8.69. The Morgan fingerprint density at radius 3 is 2.75 bits per heavy atom. The molecule has 4 aromatic rings.